The predicted molar refractivity (Wildman–Crippen MR) is 116 cm³/mol. The predicted octanol–water partition coefficient (Wildman–Crippen LogP) is 4.27. The molecule has 0 saturated carbocycles. The first-order chi connectivity index (χ1) is 15.1. The van der Waals surface area contributed by atoms with E-state index in [1.165, 1.54) is 0 Å². The highest BCUT2D eigenvalue weighted by atomic mass is 16.5. The first-order valence-corrected chi connectivity index (χ1v) is 10.1. The molecular weight excluding hydrogens is 394 g/mol. The number of carbonyl (C=O) groups excluding carboxylic acids is 1. The van der Waals surface area contributed by atoms with Gasteiger partial charge in [-0.3, -0.25) is 4.79 Å². The van der Waals surface area contributed by atoms with Crippen molar-refractivity contribution in [1.29, 1.82) is 0 Å². The number of nitrogens with one attached hydrogen (secondary N) is 1. The molecule has 31 heavy (non-hydrogen) atoms. The Morgan fingerprint density at radius 3 is 2.61 bits per heavy atom. The number of fused-ring (bicyclic) bond motifs is 2. The minimum Gasteiger partial charge on any atom is -0.497 e. The molecule has 158 valence electrons. The Morgan fingerprint density at radius 1 is 1.13 bits per heavy atom. The highest BCUT2D eigenvalue weighted by Crippen LogP contribution is 2.37. The van der Waals surface area contributed by atoms with Crippen LogP contribution in [0.2, 0.25) is 0 Å². The maximum Gasteiger partial charge on any atom is 0.290 e. The van der Waals surface area contributed by atoms with E-state index >= 15 is 0 Å². The van der Waals surface area contributed by atoms with E-state index in [9.17, 15) is 4.79 Å². The number of carbonyl (C=O) groups is 1. The summed E-state index contributed by atoms with van der Waals surface area (Å²) in [6, 6.07) is 13.0. The van der Waals surface area contributed by atoms with E-state index in [2.05, 4.69) is 9.97 Å². The van der Waals surface area contributed by atoms with Crippen LogP contribution in [-0.2, 0) is 6.42 Å². The van der Waals surface area contributed by atoms with Crippen LogP contribution in [0.25, 0.3) is 11.0 Å². The van der Waals surface area contributed by atoms with Crippen molar-refractivity contribution in [3.8, 4) is 11.5 Å². The van der Waals surface area contributed by atoms with Crippen LogP contribution in [0.1, 0.15) is 39.1 Å². The molecule has 1 aliphatic rings. The Kier molecular flexibility index (Phi) is 4.66. The first kappa shape index (κ1) is 19.2. The molecule has 0 saturated heterocycles. The van der Waals surface area contributed by atoms with Gasteiger partial charge in [0, 0.05) is 35.7 Å². The third-order valence-corrected chi connectivity index (χ3v) is 5.96. The molecule has 1 atom stereocenters. The molecule has 3 heterocycles. The molecule has 0 spiro atoms. The van der Waals surface area contributed by atoms with Crippen molar-refractivity contribution in [2.75, 3.05) is 20.8 Å². The number of methoxy groups -OCH3 is 2. The van der Waals surface area contributed by atoms with E-state index in [0.717, 1.165) is 33.7 Å². The van der Waals surface area contributed by atoms with E-state index in [0.29, 0.717) is 30.1 Å². The Balaban J connectivity index is 1.58. The molecule has 2 aromatic carbocycles. The molecule has 0 radical (unpaired) electrons. The van der Waals surface area contributed by atoms with E-state index in [1.54, 1.807) is 20.5 Å². The van der Waals surface area contributed by atoms with Crippen molar-refractivity contribution < 1.29 is 18.7 Å². The van der Waals surface area contributed by atoms with Gasteiger partial charge in [-0.2, -0.15) is 0 Å². The SMILES string of the molecule is COc1ccc([C@@H]2c3nc[nH]c3CCN2C(=O)c2oc3cc(OC)ccc3c2C)cc1. The number of H-pyrrole nitrogens is 1. The minimum atomic E-state index is -0.310. The van der Waals surface area contributed by atoms with E-state index in [4.69, 9.17) is 13.9 Å². The number of hydrogen-bond donors (Lipinski definition) is 1. The van der Waals surface area contributed by atoms with E-state index in [-0.39, 0.29) is 11.9 Å². The van der Waals surface area contributed by atoms with Crippen molar-refractivity contribution in [2.24, 2.45) is 0 Å². The summed E-state index contributed by atoms with van der Waals surface area (Å²) >= 11 is 0. The summed E-state index contributed by atoms with van der Waals surface area (Å²) in [7, 11) is 3.24. The molecule has 1 amide bonds. The van der Waals surface area contributed by atoms with Gasteiger partial charge in [0.25, 0.3) is 5.91 Å². The van der Waals surface area contributed by atoms with Crippen LogP contribution in [0, 0.1) is 6.92 Å². The standard InChI is InChI=1S/C24H23N3O4/c1-14-18-9-8-17(30-3)12-20(18)31-23(14)24(28)27-11-10-19-21(26-13-25-19)22(27)15-4-6-16(29-2)7-5-15/h4-9,12-13,22H,10-11H2,1-3H3,(H,25,26)/t22-/m1/s1. The second-order valence-corrected chi connectivity index (χ2v) is 7.61. The van der Waals surface area contributed by atoms with Crippen LogP contribution in [0.3, 0.4) is 0 Å². The summed E-state index contributed by atoms with van der Waals surface area (Å²) in [6.07, 6.45) is 2.40. The Hall–Kier alpha value is -3.74. The van der Waals surface area contributed by atoms with Gasteiger partial charge >= 0.3 is 0 Å². The number of amides is 1. The number of aromatic amines is 1. The summed E-state index contributed by atoms with van der Waals surface area (Å²) < 4.78 is 16.6. The monoisotopic (exact) mass is 417 g/mol. The average Bonchev–Trinajstić information content (AvgIpc) is 3.42. The zero-order chi connectivity index (χ0) is 21.5. The summed E-state index contributed by atoms with van der Waals surface area (Å²) in [5.41, 5.74) is 4.34. The molecule has 4 aromatic rings. The van der Waals surface area contributed by atoms with Crippen molar-refractivity contribution >= 4 is 16.9 Å². The van der Waals surface area contributed by atoms with Gasteiger partial charge in [0.05, 0.1) is 26.2 Å². The van der Waals surface area contributed by atoms with Crippen LogP contribution in [0.4, 0.5) is 0 Å². The zero-order valence-corrected chi connectivity index (χ0v) is 17.6. The number of rotatable bonds is 4. The van der Waals surface area contributed by atoms with Gasteiger partial charge in [-0.05, 0) is 36.8 Å². The molecule has 5 rings (SSSR count). The Labute approximate surface area is 179 Å². The third kappa shape index (κ3) is 3.13. The van der Waals surface area contributed by atoms with Crippen LogP contribution in [-0.4, -0.2) is 41.5 Å². The Bertz CT molecular complexity index is 1260. The number of aryl methyl sites for hydroxylation is 1. The molecule has 0 aliphatic carbocycles. The highest BCUT2D eigenvalue weighted by Gasteiger charge is 2.36. The average molecular weight is 417 g/mol. The number of benzene rings is 2. The smallest absolute Gasteiger partial charge is 0.290 e. The van der Waals surface area contributed by atoms with Crippen molar-refractivity contribution in [3.63, 3.8) is 0 Å². The van der Waals surface area contributed by atoms with Crippen molar-refractivity contribution in [1.82, 2.24) is 14.9 Å². The minimum absolute atomic E-state index is 0.151. The van der Waals surface area contributed by atoms with Gasteiger partial charge in [-0.25, -0.2) is 4.98 Å². The van der Waals surface area contributed by atoms with Gasteiger partial charge in [-0.15, -0.1) is 0 Å². The van der Waals surface area contributed by atoms with Gasteiger partial charge in [-0.1, -0.05) is 12.1 Å². The molecule has 0 fully saturated rings. The number of ether oxygens (including phenoxy) is 2. The van der Waals surface area contributed by atoms with E-state index < -0.39 is 0 Å². The molecule has 2 aromatic heterocycles. The van der Waals surface area contributed by atoms with Gasteiger partial charge < -0.3 is 23.8 Å². The fourth-order valence-corrected chi connectivity index (χ4v) is 4.29. The van der Waals surface area contributed by atoms with Crippen LogP contribution in [0.15, 0.2) is 53.2 Å². The van der Waals surface area contributed by atoms with Crippen molar-refractivity contribution in [3.05, 3.63) is 77.1 Å². The first-order valence-electron chi connectivity index (χ1n) is 10.1. The molecule has 7 nitrogen and oxygen atoms in total. The summed E-state index contributed by atoms with van der Waals surface area (Å²) in [4.78, 5) is 23.3. The quantitative estimate of drug-likeness (QED) is 0.536. The molecule has 0 bridgehead atoms. The molecule has 1 aliphatic heterocycles. The Morgan fingerprint density at radius 2 is 1.87 bits per heavy atom. The number of imidazole rings is 1. The molecule has 1 N–H and O–H groups in total. The number of aromatic nitrogens is 2. The summed E-state index contributed by atoms with van der Waals surface area (Å²) in [5, 5.41) is 0.905. The third-order valence-electron chi connectivity index (χ3n) is 5.96. The summed E-state index contributed by atoms with van der Waals surface area (Å²) in [5.74, 6) is 1.65. The maximum atomic E-state index is 13.7. The fourth-order valence-electron chi connectivity index (χ4n) is 4.29. The van der Waals surface area contributed by atoms with Gasteiger partial charge in [0.2, 0.25) is 0 Å². The largest absolute Gasteiger partial charge is 0.497 e. The topological polar surface area (TPSA) is 80.6 Å². The van der Waals surface area contributed by atoms with Crippen LogP contribution >= 0.6 is 0 Å². The second-order valence-electron chi connectivity index (χ2n) is 7.61. The molecule has 7 heteroatoms. The van der Waals surface area contributed by atoms with Gasteiger partial charge in [0.1, 0.15) is 23.1 Å². The number of hydrogen-bond acceptors (Lipinski definition) is 5. The molecular formula is C24H23N3O4. The molecule has 0 unspecified atom stereocenters. The fraction of sp³-hybridized carbons (Fsp3) is 0.250. The summed E-state index contributed by atoms with van der Waals surface area (Å²) in [6.45, 7) is 2.47. The highest BCUT2D eigenvalue weighted by molar-refractivity contribution is 5.99. The normalized spacial score (nSPS) is 15.7. The van der Waals surface area contributed by atoms with Crippen molar-refractivity contribution in [2.45, 2.75) is 19.4 Å². The van der Waals surface area contributed by atoms with Crippen LogP contribution in [0.5, 0.6) is 11.5 Å². The zero-order valence-electron chi connectivity index (χ0n) is 17.6. The lowest BCUT2D eigenvalue weighted by Gasteiger charge is -2.35. The van der Waals surface area contributed by atoms with Crippen LogP contribution < -0.4 is 9.47 Å². The maximum absolute atomic E-state index is 13.7. The lowest BCUT2D eigenvalue weighted by molar-refractivity contribution is 0.0659. The second kappa shape index (κ2) is 7.50. The lowest BCUT2D eigenvalue weighted by Crippen LogP contribution is -2.40. The lowest BCUT2D eigenvalue weighted by atomic mass is 9.95. The number of nitrogens with zero attached hydrogens (tertiary/aromatic N) is 2. The van der Waals surface area contributed by atoms with Gasteiger partial charge in [0.15, 0.2) is 5.76 Å². The number of furan rings is 1. The van der Waals surface area contributed by atoms with E-state index in [1.807, 2.05) is 54.3 Å².